The molecule has 3 N–H and O–H groups in total. The third kappa shape index (κ3) is 3.32. The van der Waals surface area contributed by atoms with E-state index in [0.717, 1.165) is 13.8 Å². The summed E-state index contributed by atoms with van der Waals surface area (Å²) in [6.45, 7) is 2.03. The van der Waals surface area contributed by atoms with Crippen LogP contribution in [0.25, 0.3) is 0 Å². The Balaban J connectivity index is 4.57. The number of rotatable bonds is 0. The Kier molecular flexibility index (Phi) is 3.57. The summed E-state index contributed by atoms with van der Waals surface area (Å²) in [4.78, 5) is 42.8. The Morgan fingerprint density at radius 3 is 1.69 bits per heavy atom. The standard InChI is InChI=1S/C6H9N3O4/c1-3(10)9(4(2)11)6(13)8-5(7)12/h1-2H3,(H3,7,8,12,13). The summed E-state index contributed by atoms with van der Waals surface area (Å²) in [5.74, 6) is -1.57. The van der Waals surface area contributed by atoms with Crippen molar-refractivity contribution in [3.05, 3.63) is 0 Å². The van der Waals surface area contributed by atoms with E-state index in [1.54, 1.807) is 5.32 Å². The van der Waals surface area contributed by atoms with Crippen molar-refractivity contribution in [1.82, 2.24) is 10.2 Å². The Bertz CT molecular complexity index is 259. The highest BCUT2D eigenvalue weighted by Gasteiger charge is 2.22. The zero-order valence-electron chi connectivity index (χ0n) is 7.16. The summed E-state index contributed by atoms with van der Waals surface area (Å²) in [7, 11) is 0. The van der Waals surface area contributed by atoms with E-state index in [1.165, 1.54) is 0 Å². The lowest BCUT2D eigenvalue weighted by atomic mass is 10.5. The lowest BCUT2D eigenvalue weighted by Crippen LogP contribution is -2.48. The number of amides is 6. The van der Waals surface area contributed by atoms with E-state index >= 15 is 0 Å². The number of hydrogen-bond acceptors (Lipinski definition) is 4. The highest BCUT2D eigenvalue weighted by molar-refractivity contribution is 6.11. The summed E-state index contributed by atoms with van der Waals surface area (Å²) < 4.78 is 0. The van der Waals surface area contributed by atoms with Crippen molar-refractivity contribution in [3.63, 3.8) is 0 Å². The molecule has 0 rings (SSSR count). The summed E-state index contributed by atoms with van der Waals surface area (Å²) in [5.41, 5.74) is 4.61. The lowest BCUT2D eigenvalue weighted by Gasteiger charge is -2.13. The van der Waals surface area contributed by atoms with Crippen LogP contribution in [0.4, 0.5) is 9.59 Å². The van der Waals surface area contributed by atoms with Crippen LogP contribution in [0, 0.1) is 0 Å². The second-order valence-corrected chi connectivity index (χ2v) is 2.17. The maximum absolute atomic E-state index is 10.9. The van der Waals surface area contributed by atoms with Gasteiger partial charge >= 0.3 is 12.1 Å². The molecular weight excluding hydrogens is 178 g/mol. The zero-order valence-corrected chi connectivity index (χ0v) is 7.16. The molecule has 0 saturated carbocycles. The molecule has 0 aromatic carbocycles. The Labute approximate surface area is 73.9 Å². The number of primary amides is 1. The van der Waals surface area contributed by atoms with Crippen molar-refractivity contribution in [2.45, 2.75) is 13.8 Å². The Morgan fingerprint density at radius 1 is 1.08 bits per heavy atom. The van der Waals surface area contributed by atoms with Crippen LogP contribution in [0.1, 0.15) is 13.8 Å². The van der Waals surface area contributed by atoms with Gasteiger partial charge < -0.3 is 5.73 Å². The fourth-order valence-electron chi connectivity index (χ4n) is 0.669. The predicted octanol–water partition coefficient (Wildman–Crippen LogP) is -0.830. The maximum Gasteiger partial charge on any atom is 0.339 e. The number of carbonyl (C=O) groups is 4. The molecule has 0 fully saturated rings. The van der Waals surface area contributed by atoms with Gasteiger partial charge in [0.05, 0.1) is 0 Å². The second kappa shape index (κ2) is 4.19. The van der Waals surface area contributed by atoms with E-state index in [0.29, 0.717) is 0 Å². The zero-order chi connectivity index (χ0) is 10.6. The topological polar surface area (TPSA) is 110 Å². The number of urea groups is 2. The van der Waals surface area contributed by atoms with Crippen molar-refractivity contribution >= 4 is 23.9 Å². The molecule has 0 bridgehead atoms. The third-order valence-corrected chi connectivity index (χ3v) is 1.06. The van der Waals surface area contributed by atoms with Gasteiger partial charge in [-0.15, -0.1) is 0 Å². The molecule has 0 heterocycles. The van der Waals surface area contributed by atoms with Crippen molar-refractivity contribution < 1.29 is 19.2 Å². The summed E-state index contributed by atoms with van der Waals surface area (Å²) in [5, 5.41) is 1.59. The molecule has 0 aromatic rings. The molecule has 0 radical (unpaired) electrons. The number of nitrogens with one attached hydrogen (secondary N) is 1. The summed E-state index contributed by atoms with van der Waals surface area (Å²) in [6, 6.07) is -2.27. The number of nitrogens with zero attached hydrogens (tertiary/aromatic N) is 1. The molecule has 0 aliphatic rings. The largest absolute Gasteiger partial charge is 0.351 e. The summed E-state index contributed by atoms with van der Waals surface area (Å²) >= 11 is 0. The fourth-order valence-corrected chi connectivity index (χ4v) is 0.669. The normalized spacial score (nSPS) is 8.77. The number of hydrogen-bond donors (Lipinski definition) is 2. The van der Waals surface area contributed by atoms with E-state index in [1.807, 2.05) is 0 Å². The SMILES string of the molecule is CC(=O)N(C(C)=O)C(=O)NC(N)=O. The highest BCUT2D eigenvalue weighted by Crippen LogP contribution is 1.91. The first-order valence-corrected chi connectivity index (χ1v) is 3.28. The minimum atomic E-state index is -1.15. The van der Waals surface area contributed by atoms with E-state index in [9.17, 15) is 19.2 Å². The van der Waals surface area contributed by atoms with Crippen molar-refractivity contribution in [2.75, 3.05) is 0 Å². The average molecular weight is 187 g/mol. The van der Waals surface area contributed by atoms with Gasteiger partial charge in [0.25, 0.3) is 0 Å². The molecule has 0 aliphatic carbocycles. The molecule has 72 valence electrons. The molecular formula is C6H9N3O4. The van der Waals surface area contributed by atoms with E-state index < -0.39 is 23.9 Å². The maximum atomic E-state index is 10.9. The molecule has 0 saturated heterocycles. The van der Waals surface area contributed by atoms with E-state index in [-0.39, 0.29) is 4.90 Å². The lowest BCUT2D eigenvalue weighted by molar-refractivity contribution is -0.138. The molecule has 0 atom stereocenters. The fraction of sp³-hybridized carbons (Fsp3) is 0.333. The Morgan fingerprint density at radius 2 is 1.46 bits per heavy atom. The van der Waals surface area contributed by atoms with E-state index in [4.69, 9.17) is 0 Å². The van der Waals surface area contributed by atoms with Crippen LogP contribution in [0.3, 0.4) is 0 Å². The minimum absolute atomic E-state index is 0.269. The molecule has 13 heavy (non-hydrogen) atoms. The molecule has 7 nitrogen and oxygen atoms in total. The Hall–Kier alpha value is -1.92. The number of carbonyl (C=O) groups excluding carboxylic acids is 4. The first-order chi connectivity index (χ1) is 5.86. The number of imide groups is 4. The first kappa shape index (κ1) is 11.1. The monoisotopic (exact) mass is 187 g/mol. The van der Waals surface area contributed by atoms with Gasteiger partial charge in [-0.3, -0.25) is 14.9 Å². The van der Waals surface area contributed by atoms with Crippen LogP contribution < -0.4 is 11.1 Å². The van der Waals surface area contributed by atoms with Crippen LogP contribution in [-0.2, 0) is 9.59 Å². The van der Waals surface area contributed by atoms with Gasteiger partial charge in [-0.1, -0.05) is 0 Å². The minimum Gasteiger partial charge on any atom is -0.351 e. The van der Waals surface area contributed by atoms with Gasteiger partial charge in [0, 0.05) is 13.8 Å². The van der Waals surface area contributed by atoms with Gasteiger partial charge in [0.1, 0.15) is 0 Å². The molecule has 7 heteroatoms. The van der Waals surface area contributed by atoms with Gasteiger partial charge in [0.15, 0.2) is 0 Å². The van der Waals surface area contributed by atoms with Crippen LogP contribution in [0.5, 0.6) is 0 Å². The van der Waals surface area contributed by atoms with Crippen molar-refractivity contribution in [3.8, 4) is 0 Å². The predicted molar refractivity (Wildman–Crippen MR) is 41.3 cm³/mol. The molecule has 0 spiro atoms. The van der Waals surface area contributed by atoms with Gasteiger partial charge in [-0.25, -0.2) is 14.5 Å². The third-order valence-electron chi connectivity index (χ3n) is 1.06. The summed E-state index contributed by atoms with van der Waals surface area (Å²) in [6.07, 6.45) is 0. The van der Waals surface area contributed by atoms with Crippen LogP contribution in [0.2, 0.25) is 0 Å². The van der Waals surface area contributed by atoms with Crippen LogP contribution in [-0.4, -0.2) is 28.8 Å². The average Bonchev–Trinajstić information content (AvgIpc) is 1.81. The number of nitrogens with two attached hydrogens (primary N) is 1. The second-order valence-electron chi connectivity index (χ2n) is 2.17. The van der Waals surface area contributed by atoms with Crippen molar-refractivity contribution in [2.24, 2.45) is 5.73 Å². The van der Waals surface area contributed by atoms with Gasteiger partial charge in [-0.05, 0) is 0 Å². The first-order valence-electron chi connectivity index (χ1n) is 3.28. The molecule has 0 aromatic heterocycles. The van der Waals surface area contributed by atoms with Gasteiger partial charge in [-0.2, -0.15) is 0 Å². The van der Waals surface area contributed by atoms with Crippen LogP contribution in [0.15, 0.2) is 0 Å². The quantitative estimate of drug-likeness (QED) is 0.515. The molecule has 0 unspecified atom stereocenters. The molecule has 0 aliphatic heterocycles. The highest BCUT2D eigenvalue weighted by atomic mass is 16.2. The van der Waals surface area contributed by atoms with Crippen molar-refractivity contribution in [1.29, 1.82) is 0 Å². The smallest absolute Gasteiger partial charge is 0.339 e. The molecule has 6 amide bonds. The van der Waals surface area contributed by atoms with E-state index in [2.05, 4.69) is 5.73 Å². The van der Waals surface area contributed by atoms with Crippen LogP contribution >= 0.6 is 0 Å². The van der Waals surface area contributed by atoms with Gasteiger partial charge in [0.2, 0.25) is 11.8 Å².